The second kappa shape index (κ2) is 12.2. The molecule has 2 aromatic carbocycles. The highest BCUT2D eigenvalue weighted by atomic mass is 32.2. The number of thiazole rings is 1. The van der Waals surface area contributed by atoms with Gasteiger partial charge in [-0.1, -0.05) is 42.5 Å². The fourth-order valence-corrected chi connectivity index (χ4v) is 5.15. The Bertz CT molecular complexity index is 1530. The number of anilines is 2. The summed E-state index contributed by atoms with van der Waals surface area (Å²) in [4.78, 5) is 22.2. The molecule has 4 rings (SSSR count). The Balaban J connectivity index is 1.56. The van der Waals surface area contributed by atoms with Gasteiger partial charge in [-0.25, -0.2) is 9.97 Å². The normalized spacial score (nSPS) is 13.4. The maximum Gasteiger partial charge on any atom is 0.357 e. The number of nitrogens with zero attached hydrogens (tertiary/aromatic N) is 2. The summed E-state index contributed by atoms with van der Waals surface area (Å²) in [5.41, 5.74) is 2.21. The van der Waals surface area contributed by atoms with E-state index in [9.17, 15) is 13.2 Å². The van der Waals surface area contributed by atoms with Crippen LogP contribution in [-0.2, 0) is 32.7 Å². The lowest BCUT2D eigenvalue weighted by Crippen LogP contribution is -2.28. The van der Waals surface area contributed by atoms with E-state index in [0.29, 0.717) is 18.6 Å². The van der Waals surface area contributed by atoms with Gasteiger partial charge >= 0.3 is 16.3 Å². The first-order chi connectivity index (χ1) is 18.8. The lowest BCUT2D eigenvalue weighted by Gasteiger charge is -2.23. The van der Waals surface area contributed by atoms with Crippen LogP contribution in [0.3, 0.4) is 0 Å². The van der Waals surface area contributed by atoms with Crippen molar-refractivity contribution in [3.05, 3.63) is 93.8 Å². The van der Waals surface area contributed by atoms with Crippen molar-refractivity contribution in [1.82, 2.24) is 9.97 Å². The lowest BCUT2D eigenvalue weighted by atomic mass is 9.97. The number of carbonyl (C=O) groups is 1. The van der Waals surface area contributed by atoms with Crippen LogP contribution in [-0.4, -0.2) is 34.5 Å². The number of oxazole rings is 1. The molecule has 4 aromatic rings. The van der Waals surface area contributed by atoms with Crippen LogP contribution >= 0.6 is 11.3 Å². The van der Waals surface area contributed by atoms with Crippen molar-refractivity contribution < 1.29 is 26.9 Å². The van der Waals surface area contributed by atoms with E-state index >= 15 is 0 Å². The molecule has 2 aromatic heterocycles. The third-order valence-corrected chi connectivity index (χ3v) is 7.06. The largest absolute Gasteiger partial charge is 0.459 e. The highest BCUT2D eigenvalue weighted by Crippen LogP contribution is 2.30. The number of hydrogen-bond acceptors (Lipinski definition) is 9. The van der Waals surface area contributed by atoms with Crippen molar-refractivity contribution >= 4 is 39.3 Å². The topological polar surface area (TPSA) is 144 Å². The van der Waals surface area contributed by atoms with Crippen molar-refractivity contribution in [2.24, 2.45) is 0 Å². The van der Waals surface area contributed by atoms with E-state index in [-0.39, 0.29) is 17.7 Å². The van der Waals surface area contributed by atoms with Crippen molar-refractivity contribution in [3.8, 4) is 0 Å². The number of ether oxygens (including phenoxy) is 1. The van der Waals surface area contributed by atoms with Gasteiger partial charge in [-0.2, -0.15) is 8.42 Å². The van der Waals surface area contributed by atoms with Crippen molar-refractivity contribution in [1.29, 1.82) is 0 Å². The van der Waals surface area contributed by atoms with E-state index in [4.69, 9.17) is 13.7 Å². The van der Waals surface area contributed by atoms with Crippen LogP contribution in [0.4, 0.5) is 11.7 Å². The van der Waals surface area contributed by atoms with Crippen LogP contribution < -0.4 is 10.0 Å². The zero-order valence-electron chi connectivity index (χ0n) is 22.6. The standard InChI is InChI=1S/C28H32N4O6S2/c1-18-30-24(17-39-18)23(15-20-10-12-21(13-11-20)32-40(34,35)36)31-27-29-16-25(37-27)22(26(33)38-28(2,3)4)14-19-8-6-5-7-9-19/h5-13,16-17,22-23,32H,14-15H2,1-4H3,(H,29,31)(H,34,35,36)/t22-,23-/m0/s1. The van der Waals surface area contributed by atoms with Gasteiger partial charge in [-0.05, 0) is 63.8 Å². The predicted octanol–water partition coefficient (Wildman–Crippen LogP) is 5.72. The van der Waals surface area contributed by atoms with Gasteiger partial charge in [0.2, 0.25) is 0 Å². The number of nitrogens with one attached hydrogen (secondary N) is 2. The molecule has 2 atom stereocenters. The molecular weight excluding hydrogens is 552 g/mol. The molecule has 0 aliphatic heterocycles. The van der Waals surface area contributed by atoms with E-state index < -0.39 is 27.8 Å². The van der Waals surface area contributed by atoms with Gasteiger partial charge in [-0.3, -0.25) is 14.1 Å². The molecule has 0 radical (unpaired) electrons. The van der Waals surface area contributed by atoms with E-state index in [2.05, 4.69) is 15.3 Å². The molecule has 2 heterocycles. The number of carbonyl (C=O) groups excluding carboxylic acids is 1. The molecule has 0 spiro atoms. The first kappa shape index (κ1) is 29.2. The fourth-order valence-electron chi connectivity index (χ4n) is 4.05. The van der Waals surface area contributed by atoms with Crippen molar-refractivity contribution in [3.63, 3.8) is 0 Å². The fraction of sp³-hybridized carbons (Fsp3) is 0.321. The Morgan fingerprint density at radius 1 is 1.07 bits per heavy atom. The van der Waals surface area contributed by atoms with Gasteiger partial charge in [0.25, 0.3) is 6.01 Å². The first-order valence-corrected chi connectivity index (χ1v) is 14.9. The molecule has 0 saturated carbocycles. The van der Waals surface area contributed by atoms with Crippen molar-refractivity contribution in [2.45, 2.75) is 58.1 Å². The molecule has 212 valence electrons. The summed E-state index contributed by atoms with van der Waals surface area (Å²) in [6.07, 6.45) is 2.41. The summed E-state index contributed by atoms with van der Waals surface area (Å²) >= 11 is 1.52. The second-order valence-corrected chi connectivity index (χ2v) is 12.5. The van der Waals surface area contributed by atoms with E-state index in [1.165, 1.54) is 11.3 Å². The van der Waals surface area contributed by atoms with Crippen LogP contribution in [0, 0.1) is 6.92 Å². The molecule has 40 heavy (non-hydrogen) atoms. The average molecular weight is 585 g/mol. The molecule has 3 N–H and O–H groups in total. The maximum atomic E-state index is 13.2. The minimum atomic E-state index is -4.36. The third kappa shape index (κ3) is 8.63. The van der Waals surface area contributed by atoms with Crippen LogP contribution in [0.15, 0.2) is 70.6 Å². The molecule has 0 saturated heterocycles. The minimum absolute atomic E-state index is 0.233. The Morgan fingerprint density at radius 3 is 2.35 bits per heavy atom. The van der Waals surface area contributed by atoms with Gasteiger partial charge in [0.1, 0.15) is 17.3 Å². The monoisotopic (exact) mass is 584 g/mol. The summed E-state index contributed by atoms with van der Waals surface area (Å²) in [5, 5.41) is 6.15. The van der Waals surface area contributed by atoms with Crippen LogP contribution in [0.2, 0.25) is 0 Å². The number of rotatable bonds is 11. The highest BCUT2D eigenvalue weighted by molar-refractivity contribution is 7.87. The smallest absolute Gasteiger partial charge is 0.357 e. The zero-order chi connectivity index (χ0) is 28.9. The molecular formula is C28H32N4O6S2. The van der Waals surface area contributed by atoms with Crippen molar-refractivity contribution in [2.75, 3.05) is 10.0 Å². The van der Waals surface area contributed by atoms with Gasteiger partial charge in [0.15, 0.2) is 0 Å². The summed E-state index contributed by atoms with van der Waals surface area (Å²) < 4.78 is 45.0. The first-order valence-electron chi connectivity index (χ1n) is 12.6. The maximum absolute atomic E-state index is 13.2. The quantitative estimate of drug-likeness (QED) is 0.149. The Kier molecular flexibility index (Phi) is 8.92. The van der Waals surface area contributed by atoms with Gasteiger partial charge < -0.3 is 14.5 Å². The van der Waals surface area contributed by atoms with E-state index in [0.717, 1.165) is 21.8 Å². The SMILES string of the molecule is Cc1nc([C@H](Cc2ccc(NS(=O)(=O)O)cc2)Nc2ncc([C@H](Cc3ccccc3)C(=O)OC(C)(C)C)o2)cs1. The Hall–Kier alpha value is -3.74. The molecule has 0 aliphatic carbocycles. The van der Waals surface area contributed by atoms with Gasteiger partial charge in [0, 0.05) is 5.38 Å². The number of hydrogen-bond donors (Lipinski definition) is 3. The Labute approximate surface area is 237 Å². The number of aryl methyl sites for hydroxylation is 1. The molecule has 0 bridgehead atoms. The number of benzene rings is 2. The predicted molar refractivity (Wildman–Crippen MR) is 154 cm³/mol. The lowest BCUT2D eigenvalue weighted by molar-refractivity contribution is -0.157. The van der Waals surface area contributed by atoms with E-state index in [1.54, 1.807) is 30.5 Å². The average Bonchev–Trinajstić information content (AvgIpc) is 3.51. The van der Waals surface area contributed by atoms with Crippen LogP contribution in [0.1, 0.15) is 60.3 Å². The number of aromatic nitrogens is 2. The minimum Gasteiger partial charge on any atom is -0.459 e. The summed E-state index contributed by atoms with van der Waals surface area (Å²) in [7, 11) is -4.36. The van der Waals surface area contributed by atoms with Crippen LogP contribution in [0.5, 0.6) is 0 Å². The zero-order valence-corrected chi connectivity index (χ0v) is 24.3. The van der Waals surface area contributed by atoms with Gasteiger partial charge in [-0.15, -0.1) is 11.3 Å². The molecule has 0 amide bonds. The third-order valence-electron chi connectivity index (χ3n) is 5.77. The summed E-state index contributed by atoms with van der Waals surface area (Å²) in [6, 6.07) is 16.2. The summed E-state index contributed by atoms with van der Waals surface area (Å²) in [6.45, 7) is 7.39. The summed E-state index contributed by atoms with van der Waals surface area (Å²) in [5.74, 6) is -0.703. The number of esters is 1. The van der Waals surface area contributed by atoms with Gasteiger partial charge in [0.05, 0.1) is 28.6 Å². The molecule has 0 fully saturated rings. The Morgan fingerprint density at radius 2 is 1.75 bits per heavy atom. The second-order valence-electron chi connectivity index (χ2n) is 10.3. The molecule has 10 nitrogen and oxygen atoms in total. The molecule has 12 heteroatoms. The molecule has 0 unspecified atom stereocenters. The van der Waals surface area contributed by atoms with Crippen LogP contribution in [0.25, 0.3) is 0 Å². The highest BCUT2D eigenvalue weighted by Gasteiger charge is 2.30. The van der Waals surface area contributed by atoms with E-state index in [1.807, 2.05) is 68.1 Å². The molecule has 0 aliphatic rings.